The molecule has 0 unspecified atom stereocenters. The number of aliphatic hydroxyl groups excluding tert-OH is 2. The summed E-state index contributed by atoms with van der Waals surface area (Å²) >= 11 is 0. The van der Waals surface area contributed by atoms with Crippen molar-refractivity contribution in [1.82, 2.24) is 60.6 Å². The highest BCUT2D eigenvalue weighted by Crippen LogP contribution is 2.41. The first-order valence-corrected chi connectivity index (χ1v) is 45.3. The number of carbonyl (C=O) groups excluding carboxylic acids is 7. The number of nitrogens with zero attached hydrogens (tertiary/aromatic N) is 8. The van der Waals surface area contributed by atoms with Gasteiger partial charge in [-0.1, -0.05) is 76.3 Å². The van der Waals surface area contributed by atoms with E-state index in [0.29, 0.717) is 191 Å². The Morgan fingerprint density at radius 3 is 2.04 bits per heavy atom. The molecule has 0 spiro atoms. The predicted octanol–water partition coefficient (Wildman–Crippen LogP) is 8.05. The molecule has 10 N–H and O–H groups in total. The van der Waals surface area contributed by atoms with E-state index in [-0.39, 0.29) is 105 Å². The van der Waals surface area contributed by atoms with Crippen molar-refractivity contribution in [3.8, 4) is 17.1 Å². The Hall–Kier alpha value is -8.82. The molecule has 2 bridgehead atoms. The third-order valence-electron chi connectivity index (χ3n) is 24.5. The first kappa shape index (κ1) is 102. The van der Waals surface area contributed by atoms with Gasteiger partial charge in [-0.15, -0.1) is 5.10 Å². The maximum atomic E-state index is 14.9. The summed E-state index contributed by atoms with van der Waals surface area (Å²) in [7, 11) is 4.80. The van der Waals surface area contributed by atoms with Gasteiger partial charge in [0.1, 0.15) is 47.9 Å². The van der Waals surface area contributed by atoms with Gasteiger partial charge in [-0.2, -0.15) is 5.10 Å². The van der Waals surface area contributed by atoms with Crippen LogP contribution in [0.15, 0.2) is 84.4 Å². The number of benzene rings is 1. The predicted molar refractivity (Wildman–Crippen MR) is 473 cm³/mol. The Kier molecular flexibility index (Phi) is 42.3. The van der Waals surface area contributed by atoms with Gasteiger partial charge in [0.25, 0.3) is 11.7 Å². The van der Waals surface area contributed by atoms with Gasteiger partial charge in [-0.3, -0.25) is 28.8 Å². The number of rotatable bonds is 41. The van der Waals surface area contributed by atoms with Crippen molar-refractivity contribution in [2.24, 2.45) is 35.5 Å². The number of fused-ring (bicyclic) bond motifs is 5. The van der Waals surface area contributed by atoms with E-state index in [4.69, 9.17) is 62.9 Å². The number of anilines is 1. The van der Waals surface area contributed by atoms with Crippen LogP contribution in [0.3, 0.4) is 0 Å². The Balaban J connectivity index is 0.610. The zero-order chi connectivity index (χ0) is 91.4. The summed E-state index contributed by atoms with van der Waals surface area (Å²) in [5.41, 5.74) is 11.1. The standard InChI is InChI=1S/C92H139N13O22/c1-59-19-12-11-13-20-60(2)75(117-8)55-70-27-24-65(7)92(116,127-70)87(113)90(114)103-35-16-14-22-74(103)91(115)126-77(56-76(118-9)61(3)50-64(6)85(111)86(112)84(110)63(5)49-59)62(4)51-66-25-29-73(78(52-66)119-10)105-57-68(100-102-105)21-18-23-79(107)95-33-39-122-43-47-125-46-42-121-38-31-81(109)96-34-40-123-44-48-124-45-41-120-37-30-80(108)94-32-15-17-36-104-89-82(88(93)97-58-98-89)83(101-104)72-54-67-53-69(106)26-28-71(67)99-72/h11-13,19-20,26,28,50,53-54,57-59,61-63,65-66,70,73-78,85-86,99,106,111-112,116H,14-18,21-25,27,29-49,51-52,55-56H2,1-10H3,(H,94,108)(H,95,107)(H,96,109)(H2,93,97,98)/b13-11+,19-12+,60-20+,64-50+/t59-,61-,62-,63-,65-,66+,70+,73+,74+,75+,76-,77+,78-,85-,86+,92-/m1/s1. The van der Waals surface area contributed by atoms with Crippen LogP contribution in [-0.2, 0) is 98.6 Å². The number of H-pyrrole nitrogens is 1. The second kappa shape index (κ2) is 52.7. The number of ketones is 2. The first-order valence-electron chi connectivity index (χ1n) is 45.3. The van der Waals surface area contributed by atoms with Gasteiger partial charge in [-0.25, -0.2) is 24.1 Å². The molecule has 35 nitrogen and oxygen atoms in total. The van der Waals surface area contributed by atoms with Crippen molar-refractivity contribution in [2.75, 3.05) is 133 Å². The summed E-state index contributed by atoms with van der Waals surface area (Å²) in [6.07, 6.45) is 17.8. The number of unbranched alkanes of at least 4 members (excludes halogenated alkanes) is 1. The number of nitrogen functional groups attached to an aromatic ring is 1. The van der Waals surface area contributed by atoms with Crippen molar-refractivity contribution < 1.29 is 106 Å². The minimum absolute atomic E-state index is 0.0445. The van der Waals surface area contributed by atoms with E-state index in [2.05, 4.69) is 41.2 Å². The lowest BCUT2D eigenvalue weighted by atomic mass is 9.77. The minimum Gasteiger partial charge on any atom is -0.508 e. The molecule has 7 heterocycles. The molecular weight excluding hydrogens is 1640 g/mol. The number of phenolic OH excluding ortho intramolecular Hbond substituents is 1. The average Bonchev–Trinajstić information content (AvgIpc) is 1.69. The number of hydrogen-bond donors (Lipinski definition) is 9. The molecule has 2 saturated heterocycles. The summed E-state index contributed by atoms with van der Waals surface area (Å²) in [5.74, 6) is -7.63. The maximum Gasteiger partial charge on any atom is 0.329 e. The van der Waals surface area contributed by atoms with Crippen LogP contribution < -0.4 is 21.7 Å². The number of aryl methyl sites for hydroxylation is 2. The number of hydrogen-bond acceptors (Lipinski definition) is 28. The third kappa shape index (κ3) is 31.2. The molecule has 4 amide bonds. The molecule has 3 aliphatic heterocycles. The maximum absolute atomic E-state index is 14.9. The quantitative estimate of drug-likeness (QED) is 0.00773. The van der Waals surface area contributed by atoms with Gasteiger partial charge in [0.05, 0.1) is 127 Å². The number of carbonyl (C=O) groups is 7. The highest BCUT2D eigenvalue weighted by molar-refractivity contribution is 6.39. The summed E-state index contributed by atoms with van der Waals surface area (Å²) < 4.78 is 68.2. The molecule has 4 aliphatic rings. The second-order valence-electron chi connectivity index (χ2n) is 34.2. The van der Waals surface area contributed by atoms with Crippen molar-refractivity contribution >= 4 is 68.9 Å². The smallest absolute Gasteiger partial charge is 0.329 e. The van der Waals surface area contributed by atoms with Crippen molar-refractivity contribution in [3.05, 3.63) is 90.1 Å². The van der Waals surface area contributed by atoms with Gasteiger partial charge in [-0.05, 0) is 157 Å². The van der Waals surface area contributed by atoms with E-state index < -0.39 is 89.6 Å². The molecule has 3 fully saturated rings. The zero-order valence-corrected chi connectivity index (χ0v) is 75.8. The normalized spacial score (nSPS) is 27.0. The molecule has 1 aromatic carbocycles. The molecule has 9 rings (SSSR count). The summed E-state index contributed by atoms with van der Waals surface area (Å²) in [6.45, 7) is 18.5. The lowest BCUT2D eigenvalue weighted by molar-refractivity contribution is -0.265. The molecule has 1 saturated carbocycles. The number of nitrogens with two attached hydrogens (primary N) is 1. The number of allylic oxidation sites excluding steroid dienone is 5. The van der Waals surface area contributed by atoms with Gasteiger partial charge < -0.3 is 104 Å². The Bertz CT molecular complexity index is 4410. The molecule has 5 aromatic rings. The molecule has 16 atom stereocenters. The number of nitrogens with one attached hydrogen (secondary N) is 4. The lowest BCUT2D eigenvalue weighted by Gasteiger charge is -2.43. The number of aromatic nitrogens is 8. The van der Waals surface area contributed by atoms with Crippen LogP contribution in [-0.4, -0.2) is 288 Å². The van der Waals surface area contributed by atoms with E-state index in [0.717, 1.165) is 47.1 Å². The van der Waals surface area contributed by atoms with Gasteiger partial charge in [0.15, 0.2) is 11.4 Å². The topological polar surface area (TPSA) is 457 Å². The van der Waals surface area contributed by atoms with E-state index in [9.17, 15) is 54.0 Å². The fraction of sp³-hybridized carbons (Fsp3) is 0.674. The van der Waals surface area contributed by atoms with Crippen LogP contribution in [0.1, 0.15) is 176 Å². The summed E-state index contributed by atoms with van der Waals surface area (Å²) in [4.78, 5) is 108. The lowest BCUT2D eigenvalue weighted by Crippen LogP contribution is -2.61. The number of ether oxygens (including phenoxy) is 11. The van der Waals surface area contributed by atoms with E-state index in [1.165, 1.54) is 11.2 Å². The number of Topliss-reactive ketones (excluding diaryl/α,β-unsaturated/α-hetero) is 2. The van der Waals surface area contributed by atoms with Gasteiger partial charge >= 0.3 is 5.97 Å². The van der Waals surface area contributed by atoms with Crippen molar-refractivity contribution in [2.45, 2.75) is 238 Å². The van der Waals surface area contributed by atoms with Crippen LogP contribution in [0.2, 0.25) is 0 Å². The van der Waals surface area contributed by atoms with Crippen LogP contribution in [0.25, 0.3) is 33.3 Å². The molecular formula is C92H139N13O22. The number of amides is 4. The number of aliphatic hydroxyl groups is 3. The highest BCUT2D eigenvalue weighted by atomic mass is 16.6. The first-order chi connectivity index (χ1) is 61.2. The fourth-order valence-corrected chi connectivity index (χ4v) is 17.1. The molecule has 35 heteroatoms. The van der Waals surface area contributed by atoms with Crippen LogP contribution in [0.5, 0.6) is 5.75 Å². The van der Waals surface area contributed by atoms with Crippen molar-refractivity contribution in [1.29, 1.82) is 0 Å². The number of piperidine rings is 1. The van der Waals surface area contributed by atoms with E-state index >= 15 is 0 Å². The SMILES string of the molecule is CO[C@H]1C[C@@H]2CC[C@@H](C)[C@@](O)(O2)C(=O)C(=O)N2CCCC[C@H]2C(=O)O[C@H]([C@H](C)C[C@@H]2CC[C@H](n3cc(CCCC(=O)NCCOCCOCCOCCC(=O)NCCOCCOCCOCCC(=O)NCCCCn4nc(-c5cc6cc(O)ccc6[nH]5)c5c(N)ncnc54)nn3)[C@H](OC)C2)C[C@@H](OC)[C@H](C)/C=C(\C)[C@@H](O)[C@@H](O)C(=O)[C@H](C)C[C@H](C)/C=C/C=C/C=C/1C. The zero-order valence-electron chi connectivity index (χ0n) is 75.8. The van der Waals surface area contributed by atoms with Gasteiger partial charge in [0, 0.05) is 121 Å². The largest absolute Gasteiger partial charge is 0.508 e. The molecule has 4 aromatic heterocycles. The highest BCUT2D eigenvalue weighted by Gasteiger charge is 2.53. The number of methoxy groups -OCH3 is 3. The summed E-state index contributed by atoms with van der Waals surface area (Å²) in [6, 6.07) is 5.72. The molecule has 1 aliphatic carbocycles. The van der Waals surface area contributed by atoms with Crippen LogP contribution in [0, 0.1) is 35.5 Å². The van der Waals surface area contributed by atoms with Crippen LogP contribution in [0.4, 0.5) is 5.82 Å². The van der Waals surface area contributed by atoms with E-state index in [1.54, 1.807) is 71.1 Å². The monoisotopic (exact) mass is 1780 g/mol. The average molecular weight is 1780 g/mol. The van der Waals surface area contributed by atoms with Gasteiger partial charge in [0.2, 0.25) is 23.5 Å². The number of cyclic esters (lactones) is 1. The fourth-order valence-electron chi connectivity index (χ4n) is 17.1. The Labute approximate surface area is 745 Å². The Morgan fingerprint density at radius 2 is 1.36 bits per heavy atom. The second-order valence-corrected chi connectivity index (χ2v) is 34.2. The molecule has 127 heavy (non-hydrogen) atoms. The summed E-state index contributed by atoms with van der Waals surface area (Å²) in [5, 5.41) is 68.9. The minimum atomic E-state index is -2.46. The Morgan fingerprint density at radius 1 is 0.701 bits per heavy atom. The van der Waals surface area contributed by atoms with Crippen molar-refractivity contribution in [3.63, 3.8) is 0 Å². The number of aromatic amines is 1. The van der Waals surface area contributed by atoms with Crippen LogP contribution >= 0.6 is 0 Å². The number of esters is 1. The molecule has 0 radical (unpaired) electrons. The molecule has 704 valence electrons. The van der Waals surface area contributed by atoms with E-state index in [1.807, 2.05) is 75.0 Å². The third-order valence-corrected chi connectivity index (χ3v) is 24.5. The number of aromatic hydroxyl groups is 1. The number of phenols is 1.